The molecule has 0 aromatic carbocycles. The molecule has 6 nitrogen and oxygen atoms in total. The van der Waals surface area contributed by atoms with Crippen LogP contribution in [-0.4, -0.2) is 53.7 Å². The Morgan fingerprint density at radius 3 is 2.48 bits per heavy atom. The molecular formula is C15H29N3O3. The lowest BCUT2D eigenvalue weighted by Gasteiger charge is -2.22. The molecule has 0 aromatic rings. The van der Waals surface area contributed by atoms with Gasteiger partial charge in [-0.25, -0.2) is 9.59 Å². The Bertz CT molecular complexity index is 360. The SMILES string of the molecule is CCC(C)C(NC(=O)NCC1CCN(C(C)C)C1)C(=O)O. The van der Waals surface area contributed by atoms with Crippen molar-refractivity contribution in [2.45, 2.75) is 52.6 Å². The van der Waals surface area contributed by atoms with E-state index in [1.54, 1.807) is 0 Å². The van der Waals surface area contributed by atoms with E-state index in [1.165, 1.54) is 0 Å². The number of likely N-dealkylation sites (tertiary alicyclic amines) is 1. The first kappa shape index (κ1) is 17.8. The maximum atomic E-state index is 11.9. The van der Waals surface area contributed by atoms with Crippen molar-refractivity contribution in [2.24, 2.45) is 11.8 Å². The second-order valence-corrected chi connectivity index (χ2v) is 6.30. The summed E-state index contributed by atoms with van der Waals surface area (Å²) in [6.45, 7) is 10.7. The van der Waals surface area contributed by atoms with Crippen molar-refractivity contribution in [2.75, 3.05) is 19.6 Å². The fraction of sp³-hybridized carbons (Fsp3) is 0.867. The van der Waals surface area contributed by atoms with Gasteiger partial charge < -0.3 is 20.6 Å². The minimum atomic E-state index is -0.980. The Labute approximate surface area is 127 Å². The van der Waals surface area contributed by atoms with Gasteiger partial charge in [0.1, 0.15) is 6.04 Å². The summed E-state index contributed by atoms with van der Waals surface area (Å²) in [6.07, 6.45) is 1.79. The van der Waals surface area contributed by atoms with Crippen molar-refractivity contribution in [3.63, 3.8) is 0 Å². The predicted molar refractivity (Wildman–Crippen MR) is 82.2 cm³/mol. The van der Waals surface area contributed by atoms with Gasteiger partial charge in [0.05, 0.1) is 0 Å². The lowest BCUT2D eigenvalue weighted by atomic mass is 9.99. The van der Waals surface area contributed by atoms with Gasteiger partial charge in [0.15, 0.2) is 0 Å². The summed E-state index contributed by atoms with van der Waals surface area (Å²) >= 11 is 0. The van der Waals surface area contributed by atoms with Crippen LogP contribution in [0.5, 0.6) is 0 Å². The smallest absolute Gasteiger partial charge is 0.326 e. The van der Waals surface area contributed by atoms with Crippen LogP contribution < -0.4 is 10.6 Å². The van der Waals surface area contributed by atoms with Crippen LogP contribution in [0, 0.1) is 11.8 Å². The number of carbonyl (C=O) groups is 2. The Hall–Kier alpha value is -1.30. The molecule has 0 radical (unpaired) electrons. The summed E-state index contributed by atoms with van der Waals surface area (Å²) in [5.74, 6) is -0.618. The van der Waals surface area contributed by atoms with Gasteiger partial charge in [-0.2, -0.15) is 0 Å². The van der Waals surface area contributed by atoms with E-state index < -0.39 is 12.0 Å². The number of carboxylic acid groups (broad SMARTS) is 1. The van der Waals surface area contributed by atoms with Gasteiger partial charge in [0, 0.05) is 19.1 Å². The zero-order valence-electron chi connectivity index (χ0n) is 13.6. The van der Waals surface area contributed by atoms with Crippen molar-refractivity contribution in [1.29, 1.82) is 0 Å². The lowest BCUT2D eigenvalue weighted by Crippen LogP contribution is -2.50. The largest absolute Gasteiger partial charge is 0.480 e. The molecule has 3 unspecified atom stereocenters. The molecule has 3 atom stereocenters. The highest BCUT2D eigenvalue weighted by Crippen LogP contribution is 2.17. The van der Waals surface area contributed by atoms with Crippen molar-refractivity contribution in [3.05, 3.63) is 0 Å². The third kappa shape index (κ3) is 5.53. The monoisotopic (exact) mass is 299 g/mol. The molecule has 0 saturated carbocycles. The molecule has 1 aliphatic heterocycles. The second-order valence-electron chi connectivity index (χ2n) is 6.30. The molecule has 2 amide bonds. The number of nitrogens with one attached hydrogen (secondary N) is 2. The molecule has 1 aliphatic rings. The van der Waals surface area contributed by atoms with Crippen molar-refractivity contribution in [3.8, 4) is 0 Å². The van der Waals surface area contributed by atoms with E-state index in [1.807, 2.05) is 13.8 Å². The first-order chi connectivity index (χ1) is 9.85. The third-order valence-electron chi connectivity index (χ3n) is 4.36. The van der Waals surface area contributed by atoms with E-state index in [2.05, 4.69) is 29.4 Å². The van der Waals surface area contributed by atoms with E-state index in [9.17, 15) is 9.59 Å². The highest BCUT2D eigenvalue weighted by molar-refractivity contribution is 5.82. The van der Waals surface area contributed by atoms with Gasteiger partial charge >= 0.3 is 12.0 Å². The molecular weight excluding hydrogens is 270 g/mol. The Morgan fingerprint density at radius 2 is 2.00 bits per heavy atom. The number of amides is 2. The maximum absolute atomic E-state index is 11.9. The van der Waals surface area contributed by atoms with Gasteiger partial charge in [-0.1, -0.05) is 20.3 Å². The number of nitrogens with zero attached hydrogens (tertiary/aromatic N) is 1. The highest BCUT2D eigenvalue weighted by Gasteiger charge is 2.27. The second kappa shape index (κ2) is 8.22. The van der Waals surface area contributed by atoms with Crippen molar-refractivity contribution >= 4 is 12.0 Å². The van der Waals surface area contributed by atoms with Gasteiger partial charge in [-0.3, -0.25) is 0 Å². The standard InChI is InChI=1S/C15H29N3O3/c1-5-11(4)13(14(19)20)17-15(21)16-8-12-6-7-18(9-12)10(2)3/h10-13H,5-9H2,1-4H3,(H,19,20)(H2,16,17,21). The summed E-state index contributed by atoms with van der Waals surface area (Å²) in [5.41, 5.74) is 0. The molecule has 3 N–H and O–H groups in total. The summed E-state index contributed by atoms with van der Waals surface area (Å²) in [5, 5.41) is 14.5. The van der Waals surface area contributed by atoms with Crippen molar-refractivity contribution in [1.82, 2.24) is 15.5 Å². The van der Waals surface area contributed by atoms with Gasteiger partial charge in [-0.05, 0) is 38.6 Å². The molecule has 1 fully saturated rings. The first-order valence-electron chi connectivity index (χ1n) is 7.86. The Morgan fingerprint density at radius 1 is 1.33 bits per heavy atom. The zero-order chi connectivity index (χ0) is 16.0. The van der Waals surface area contributed by atoms with Gasteiger partial charge in [0.2, 0.25) is 0 Å². The number of rotatable bonds is 7. The number of carboxylic acids is 1. The normalized spacial score (nSPS) is 22.0. The number of hydrogen-bond acceptors (Lipinski definition) is 3. The van der Waals surface area contributed by atoms with Crippen LogP contribution in [0.1, 0.15) is 40.5 Å². The van der Waals surface area contributed by atoms with Crippen LogP contribution in [-0.2, 0) is 4.79 Å². The van der Waals surface area contributed by atoms with E-state index in [0.29, 0.717) is 24.9 Å². The molecule has 1 saturated heterocycles. The van der Waals surface area contributed by atoms with Gasteiger partial charge in [-0.15, -0.1) is 0 Å². The molecule has 0 aromatic heterocycles. The fourth-order valence-corrected chi connectivity index (χ4v) is 2.61. The average Bonchev–Trinajstić information content (AvgIpc) is 2.90. The molecule has 122 valence electrons. The molecule has 1 heterocycles. The molecule has 0 bridgehead atoms. The van der Waals surface area contributed by atoms with E-state index in [-0.39, 0.29) is 11.9 Å². The molecule has 21 heavy (non-hydrogen) atoms. The van der Waals surface area contributed by atoms with Crippen molar-refractivity contribution < 1.29 is 14.7 Å². The molecule has 1 rings (SSSR count). The third-order valence-corrected chi connectivity index (χ3v) is 4.36. The van der Waals surface area contributed by atoms with Crippen LogP contribution in [0.15, 0.2) is 0 Å². The summed E-state index contributed by atoms with van der Waals surface area (Å²) in [4.78, 5) is 25.4. The summed E-state index contributed by atoms with van der Waals surface area (Å²) in [7, 11) is 0. The zero-order valence-corrected chi connectivity index (χ0v) is 13.6. The number of urea groups is 1. The molecule has 6 heteroatoms. The van der Waals surface area contributed by atoms with Gasteiger partial charge in [0.25, 0.3) is 0 Å². The number of hydrogen-bond donors (Lipinski definition) is 3. The highest BCUT2D eigenvalue weighted by atomic mass is 16.4. The van der Waals surface area contributed by atoms with Crippen LogP contribution in [0.25, 0.3) is 0 Å². The molecule has 0 aliphatic carbocycles. The topological polar surface area (TPSA) is 81.7 Å². The minimum absolute atomic E-state index is 0.0869. The van der Waals surface area contributed by atoms with E-state index >= 15 is 0 Å². The Kier molecular flexibility index (Phi) is 6.95. The average molecular weight is 299 g/mol. The first-order valence-corrected chi connectivity index (χ1v) is 7.86. The fourth-order valence-electron chi connectivity index (χ4n) is 2.61. The molecule has 0 spiro atoms. The quantitative estimate of drug-likeness (QED) is 0.665. The maximum Gasteiger partial charge on any atom is 0.326 e. The van der Waals surface area contributed by atoms with Crippen LogP contribution >= 0.6 is 0 Å². The number of carbonyl (C=O) groups excluding carboxylic acids is 1. The minimum Gasteiger partial charge on any atom is -0.480 e. The van der Waals surface area contributed by atoms with Crippen LogP contribution in [0.2, 0.25) is 0 Å². The Balaban J connectivity index is 2.35. The summed E-state index contributed by atoms with van der Waals surface area (Å²) < 4.78 is 0. The summed E-state index contributed by atoms with van der Waals surface area (Å²) in [6, 6.07) is -0.679. The predicted octanol–water partition coefficient (Wildman–Crippen LogP) is 1.52. The van der Waals surface area contributed by atoms with E-state index in [4.69, 9.17) is 5.11 Å². The lowest BCUT2D eigenvalue weighted by molar-refractivity contribution is -0.140. The number of aliphatic carboxylic acids is 1. The van der Waals surface area contributed by atoms with Crippen LogP contribution in [0.3, 0.4) is 0 Å². The van der Waals surface area contributed by atoms with Crippen LogP contribution in [0.4, 0.5) is 4.79 Å². The van der Waals surface area contributed by atoms with E-state index in [0.717, 1.165) is 19.5 Å².